The third-order valence-electron chi connectivity index (χ3n) is 3.17. The molecule has 1 N–H and O–H groups in total. The monoisotopic (exact) mass is 186 g/mol. The third-order valence-corrected chi connectivity index (χ3v) is 3.17. The summed E-state index contributed by atoms with van der Waals surface area (Å²) in [6.07, 6.45) is 1.42. The van der Waals surface area contributed by atoms with E-state index in [2.05, 4.69) is 13.8 Å². The Morgan fingerprint density at radius 2 is 2.23 bits per heavy atom. The van der Waals surface area contributed by atoms with Crippen LogP contribution in [0.5, 0.6) is 0 Å². The van der Waals surface area contributed by atoms with Gasteiger partial charge in [-0.3, -0.25) is 4.79 Å². The first kappa shape index (κ1) is 10.5. The second kappa shape index (κ2) is 3.66. The fraction of sp³-hybridized carbons (Fsp3) is 0.900. The zero-order valence-corrected chi connectivity index (χ0v) is 8.54. The fourth-order valence-corrected chi connectivity index (χ4v) is 2.01. The topological polar surface area (TPSA) is 46.5 Å². The molecule has 0 saturated heterocycles. The van der Waals surface area contributed by atoms with Gasteiger partial charge in [-0.1, -0.05) is 13.8 Å². The largest absolute Gasteiger partial charge is 0.481 e. The van der Waals surface area contributed by atoms with Gasteiger partial charge in [-0.05, 0) is 24.7 Å². The first-order valence-electron chi connectivity index (χ1n) is 4.81. The summed E-state index contributed by atoms with van der Waals surface area (Å²) in [6.45, 7) is 6.86. The molecule has 0 bridgehead atoms. The Balaban J connectivity index is 2.44. The van der Waals surface area contributed by atoms with E-state index in [1.54, 1.807) is 0 Å². The number of carboxylic acid groups (broad SMARTS) is 1. The summed E-state index contributed by atoms with van der Waals surface area (Å²) in [5, 5.41) is 8.66. The molecule has 0 heterocycles. The maximum atomic E-state index is 10.5. The van der Waals surface area contributed by atoms with Crippen molar-refractivity contribution in [2.24, 2.45) is 11.3 Å². The minimum absolute atomic E-state index is 0.0361. The number of hydrogen-bond acceptors (Lipinski definition) is 2. The predicted molar refractivity (Wildman–Crippen MR) is 49.6 cm³/mol. The van der Waals surface area contributed by atoms with Gasteiger partial charge in [0.25, 0.3) is 0 Å². The highest BCUT2D eigenvalue weighted by Gasteiger charge is 2.49. The van der Waals surface area contributed by atoms with Crippen molar-refractivity contribution in [3.63, 3.8) is 0 Å². The van der Waals surface area contributed by atoms with E-state index in [4.69, 9.17) is 9.84 Å². The van der Waals surface area contributed by atoms with Crippen LogP contribution in [0.25, 0.3) is 0 Å². The van der Waals surface area contributed by atoms with Gasteiger partial charge in [-0.15, -0.1) is 0 Å². The number of carbonyl (C=O) groups is 1. The number of aliphatic carboxylic acids is 1. The van der Waals surface area contributed by atoms with E-state index >= 15 is 0 Å². The average Bonchev–Trinajstić information content (AvgIpc) is 2.02. The highest BCUT2D eigenvalue weighted by Crippen LogP contribution is 2.49. The lowest BCUT2D eigenvalue weighted by atomic mass is 9.59. The number of ether oxygens (including phenoxy) is 1. The smallest absolute Gasteiger partial charge is 0.303 e. The average molecular weight is 186 g/mol. The maximum Gasteiger partial charge on any atom is 0.303 e. The molecule has 0 aromatic carbocycles. The van der Waals surface area contributed by atoms with Crippen molar-refractivity contribution in [2.75, 3.05) is 6.61 Å². The van der Waals surface area contributed by atoms with E-state index in [0.29, 0.717) is 6.61 Å². The summed E-state index contributed by atoms with van der Waals surface area (Å²) in [5.74, 6) is -0.422. The van der Waals surface area contributed by atoms with Gasteiger partial charge in [0.15, 0.2) is 0 Å². The van der Waals surface area contributed by atoms with Gasteiger partial charge in [0.2, 0.25) is 0 Å². The summed E-state index contributed by atoms with van der Waals surface area (Å²) >= 11 is 0. The molecule has 1 fully saturated rings. The molecular formula is C10H18O3. The van der Waals surface area contributed by atoms with Crippen LogP contribution in [0, 0.1) is 11.3 Å². The van der Waals surface area contributed by atoms with Crippen molar-refractivity contribution in [2.45, 2.75) is 39.7 Å². The van der Waals surface area contributed by atoms with Gasteiger partial charge in [-0.2, -0.15) is 0 Å². The van der Waals surface area contributed by atoms with Crippen molar-refractivity contribution in [1.29, 1.82) is 0 Å². The number of rotatable bonds is 4. The highest BCUT2D eigenvalue weighted by molar-refractivity contribution is 5.67. The SMILES string of the molecule is CCOC1CC(CC(=O)O)C1(C)C. The van der Waals surface area contributed by atoms with E-state index in [-0.39, 0.29) is 23.9 Å². The minimum Gasteiger partial charge on any atom is -0.481 e. The molecule has 0 radical (unpaired) electrons. The number of hydrogen-bond donors (Lipinski definition) is 1. The quantitative estimate of drug-likeness (QED) is 0.729. The predicted octanol–water partition coefficient (Wildman–Crippen LogP) is 1.91. The second-order valence-electron chi connectivity index (χ2n) is 4.30. The Hall–Kier alpha value is -0.570. The molecule has 2 unspecified atom stereocenters. The van der Waals surface area contributed by atoms with Crippen LogP contribution >= 0.6 is 0 Å². The summed E-state index contributed by atoms with van der Waals surface area (Å²) < 4.78 is 5.51. The Bertz CT molecular complexity index is 198. The highest BCUT2D eigenvalue weighted by atomic mass is 16.5. The fourth-order valence-electron chi connectivity index (χ4n) is 2.01. The second-order valence-corrected chi connectivity index (χ2v) is 4.30. The Morgan fingerprint density at radius 3 is 2.62 bits per heavy atom. The molecule has 0 aromatic rings. The molecule has 1 saturated carbocycles. The van der Waals surface area contributed by atoms with Crippen molar-refractivity contribution in [3.8, 4) is 0 Å². The molecule has 3 heteroatoms. The standard InChI is InChI=1S/C10H18O3/c1-4-13-8-5-7(6-9(11)12)10(8,2)3/h7-8H,4-6H2,1-3H3,(H,11,12). The molecule has 3 nitrogen and oxygen atoms in total. The van der Waals surface area contributed by atoms with Crippen LogP contribution in [0.2, 0.25) is 0 Å². The lowest BCUT2D eigenvalue weighted by Gasteiger charge is -2.51. The summed E-state index contributed by atoms with van der Waals surface area (Å²) in [5.41, 5.74) is 0.0361. The van der Waals surface area contributed by atoms with E-state index in [0.717, 1.165) is 6.42 Å². The first-order chi connectivity index (χ1) is 5.98. The van der Waals surface area contributed by atoms with Crippen molar-refractivity contribution in [3.05, 3.63) is 0 Å². The molecule has 1 aliphatic carbocycles. The van der Waals surface area contributed by atoms with Gasteiger partial charge in [-0.25, -0.2) is 0 Å². The van der Waals surface area contributed by atoms with Crippen molar-refractivity contribution >= 4 is 5.97 Å². The molecule has 1 rings (SSSR count). The van der Waals surface area contributed by atoms with E-state index in [1.807, 2.05) is 6.92 Å². The van der Waals surface area contributed by atoms with Crippen LogP contribution in [0.15, 0.2) is 0 Å². The van der Waals surface area contributed by atoms with Gasteiger partial charge in [0.1, 0.15) is 0 Å². The van der Waals surface area contributed by atoms with Gasteiger partial charge >= 0.3 is 5.97 Å². The Kier molecular flexibility index (Phi) is 2.96. The molecule has 13 heavy (non-hydrogen) atoms. The minimum atomic E-state index is -0.701. The molecular weight excluding hydrogens is 168 g/mol. The molecule has 76 valence electrons. The lowest BCUT2D eigenvalue weighted by molar-refractivity contribution is -0.157. The molecule has 0 amide bonds. The van der Waals surface area contributed by atoms with Crippen molar-refractivity contribution in [1.82, 2.24) is 0 Å². The van der Waals surface area contributed by atoms with Crippen LogP contribution in [-0.2, 0) is 9.53 Å². The van der Waals surface area contributed by atoms with Crippen LogP contribution in [0.1, 0.15) is 33.6 Å². The summed E-state index contributed by atoms with van der Waals surface area (Å²) in [6, 6.07) is 0. The normalized spacial score (nSPS) is 31.0. The van der Waals surface area contributed by atoms with E-state index < -0.39 is 5.97 Å². The van der Waals surface area contributed by atoms with Crippen LogP contribution < -0.4 is 0 Å². The Morgan fingerprint density at radius 1 is 1.62 bits per heavy atom. The maximum absolute atomic E-state index is 10.5. The molecule has 0 aliphatic heterocycles. The van der Waals surface area contributed by atoms with Crippen molar-refractivity contribution < 1.29 is 14.6 Å². The van der Waals surface area contributed by atoms with E-state index in [1.165, 1.54) is 0 Å². The van der Waals surface area contributed by atoms with Gasteiger partial charge < -0.3 is 9.84 Å². The molecule has 1 aliphatic rings. The van der Waals surface area contributed by atoms with Crippen LogP contribution in [0.3, 0.4) is 0 Å². The summed E-state index contributed by atoms with van der Waals surface area (Å²) in [4.78, 5) is 10.5. The van der Waals surface area contributed by atoms with Crippen LogP contribution in [-0.4, -0.2) is 23.8 Å². The first-order valence-corrected chi connectivity index (χ1v) is 4.81. The molecule has 0 aromatic heterocycles. The zero-order chi connectivity index (χ0) is 10.1. The number of carboxylic acids is 1. The third kappa shape index (κ3) is 2.02. The van der Waals surface area contributed by atoms with E-state index in [9.17, 15) is 4.79 Å². The van der Waals surface area contributed by atoms with Gasteiger partial charge in [0, 0.05) is 13.0 Å². The Labute approximate surface area is 79.1 Å². The van der Waals surface area contributed by atoms with Crippen LogP contribution in [0.4, 0.5) is 0 Å². The molecule has 0 spiro atoms. The zero-order valence-electron chi connectivity index (χ0n) is 8.54. The molecule has 2 atom stereocenters. The lowest BCUT2D eigenvalue weighted by Crippen LogP contribution is -2.51. The van der Waals surface area contributed by atoms with Gasteiger partial charge in [0.05, 0.1) is 6.10 Å². The summed E-state index contributed by atoms with van der Waals surface area (Å²) in [7, 11) is 0.